The molecule has 0 fully saturated rings. The van der Waals surface area contributed by atoms with Gasteiger partial charge in [0.1, 0.15) is 0 Å². The van der Waals surface area contributed by atoms with Gasteiger partial charge in [0.2, 0.25) is 5.91 Å². The summed E-state index contributed by atoms with van der Waals surface area (Å²) in [4.78, 5) is 14.0. The molecule has 0 aromatic heterocycles. The number of rotatable bonds is 7. The minimum absolute atomic E-state index is 0.0607. The van der Waals surface area contributed by atoms with E-state index in [4.69, 9.17) is 5.73 Å². The Balaban J connectivity index is 2.43. The van der Waals surface area contributed by atoms with Gasteiger partial charge in [-0.25, -0.2) is 0 Å². The Morgan fingerprint density at radius 1 is 1.21 bits per heavy atom. The maximum atomic E-state index is 12.3. The van der Waals surface area contributed by atoms with Gasteiger partial charge in [0.15, 0.2) is 0 Å². The van der Waals surface area contributed by atoms with E-state index in [-0.39, 0.29) is 5.91 Å². The average Bonchev–Trinajstić information content (AvgIpc) is 2.46. The smallest absolute Gasteiger partial charge is 0.242 e. The third-order valence-corrected chi connectivity index (χ3v) is 3.84. The van der Waals surface area contributed by atoms with E-state index in [1.54, 1.807) is 4.90 Å². The molecule has 19 heavy (non-hydrogen) atoms. The Hall–Kier alpha value is -1.35. The molecule has 0 aliphatic heterocycles. The molecule has 0 spiro atoms. The van der Waals surface area contributed by atoms with Crippen LogP contribution in [-0.2, 0) is 11.2 Å². The number of likely N-dealkylation sites (N-methyl/N-ethyl adjacent to an activating group) is 1. The van der Waals surface area contributed by atoms with Gasteiger partial charge in [-0.2, -0.15) is 0 Å². The quantitative estimate of drug-likeness (QED) is 0.821. The van der Waals surface area contributed by atoms with Gasteiger partial charge in [-0.1, -0.05) is 44.2 Å². The molecule has 3 heteroatoms. The van der Waals surface area contributed by atoms with Crippen LogP contribution < -0.4 is 5.73 Å². The summed E-state index contributed by atoms with van der Waals surface area (Å²) in [7, 11) is 1.85. The van der Waals surface area contributed by atoms with Crippen LogP contribution in [0.3, 0.4) is 0 Å². The number of nitrogens with two attached hydrogens (primary N) is 1. The van der Waals surface area contributed by atoms with Gasteiger partial charge in [0, 0.05) is 13.6 Å². The lowest BCUT2D eigenvalue weighted by Gasteiger charge is -2.30. The van der Waals surface area contributed by atoms with Crippen molar-refractivity contribution in [3.63, 3.8) is 0 Å². The fraction of sp³-hybridized carbons (Fsp3) is 0.562. The first-order chi connectivity index (χ1) is 9.03. The summed E-state index contributed by atoms with van der Waals surface area (Å²) in [5, 5.41) is 0. The Morgan fingerprint density at radius 3 is 2.32 bits per heavy atom. The lowest BCUT2D eigenvalue weighted by molar-refractivity contribution is -0.136. The highest BCUT2D eigenvalue weighted by Gasteiger charge is 2.32. The molecular weight excluding hydrogens is 236 g/mol. The van der Waals surface area contributed by atoms with Crippen LogP contribution in [0.1, 0.15) is 38.7 Å². The molecule has 0 saturated heterocycles. The van der Waals surface area contributed by atoms with E-state index in [1.165, 1.54) is 5.56 Å². The predicted molar refractivity (Wildman–Crippen MR) is 79.9 cm³/mol. The van der Waals surface area contributed by atoms with Crippen molar-refractivity contribution in [1.29, 1.82) is 0 Å². The summed E-state index contributed by atoms with van der Waals surface area (Å²) in [5.74, 6) is 0.0607. The van der Waals surface area contributed by atoms with E-state index in [9.17, 15) is 4.79 Å². The van der Waals surface area contributed by atoms with Crippen LogP contribution in [-0.4, -0.2) is 29.9 Å². The number of carbonyl (C=O) groups is 1. The zero-order valence-corrected chi connectivity index (χ0v) is 12.4. The number of amides is 1. The van der Waals surface area contributed by atoms with Gasteiger partial charge >= 0.3 is 0 Å². The maximum absolute atomic E-state index is 12.3. The predicted octanol–water partition coefficient (Wildman–Crippen LogP) is 2.60. The van der Waals surface area contributed by atoms with Crippen LogP contribution in [0.15, 0.2) is 30.3 Å². The van der Waals surface area contributed by atoms with Crippen molar-refractivity contribution in [2.75, 3.05) is 13.6 Å². The molecule has 1 aromatic rings. The molecule has 1 amide bonds. The lowest BCUT2D eigenvalue weighted by Crippen LogP contribution is -2.53. The van der Waals surface area contributed by atoms with Crippen LogP contribution in [0.2, 0.25) is 0 Å². The van der Waals surface area contributed by atoms with E-state index in [0.717, 1.165) is 19.4 Å². The third-order valence-electron chi connectivity index (χ3n) is 3.84. The van der Waals surface area contributed by atoms with Gasteiger partial charge in [0.25, 0.3) is 0 Å². The topological polar surface area (TPSA) is 46.3 Å². The van der Waals surface area contributed by atoms with Crippen LogP contribution >= 0.6 is 0 Å². The first-order valence-electron chi connectivity index (χ1n) is 7.12. The molecule has 1 aromatic carbocycles. The van der Waals surface area contributed by atoms with Crippen molar-refractivity contribution in [2.45, 2.75) is 45.1 Å². The normalized spacial score (nSPS) is 11.4. The van der Waals surface area contributed by atoms with Crippen molar-refractivity contribution in [3.05, 3.63) is 35.9 Å². The van der Waals surface area contributed by atoms with E-state index >= 15 is 0 Å². The number of hydrogen-bond donors (Lipinski definition) is 1. The van der Waals surface area contributed by atoms with Gasteiger partial charge in [-0.05, 0) is 31.2 Å². The molecule has 0 heterocycles. The fourth-order valence-electron chi connectivity index (χ4n) is 2.20. The summed E-state index contributed by atoms with van der Waals surface area (Å²) in [5.41, 5.74) is 6.75. The molecule has 0 saturated carbocycles. The van der Waals surface area contributed by atoms with Gasteiger partial charge < -0.3 is 10.6 Å². The van der Waals surface area contributed by atoms with E-state index in [2.05, 4.69) is 12.1 Å². The van der Waals surface area contributed by atoms with Crippen molar-refractivity contribution in [1.82, 2.24) is 4.90 Å². The molecule has 0 bridgehead atoms. The molecule has 0 aliphatic rings. The molecule has 0 radical (unpaired) electrons. The molecule has 0 unspecified atom stereocenters. The lowest BCUT2D eigenvalue weighted by atomic mass is 9.92. The summed E-state index contributed by atoms with van der Waals surface area (Å²) in [6.07, 6.45) is 3.33. The monoisotopic (exact) mass is 262 g/mol. The number of aryl methyl sites for hydroxylation is 1. The summed E-state index contributed by atoms with van der Waals surface area (Å²) in [6.45, 7) is 4.70. The highest BCUT2D eigenvalue weighted by Crippen LogP contribution is 2.15. The summed E-state index contributed by atoms with van der Waals surface area (Å²) < 4.78 is 0. The average molecular weight is 262 g/mol. The highest BCUT2D eigenvalue weighted by molar-refractivity contribution is 5.85. The van der Waals surface area contributed by atoms with Crippen molar-refractivity contribution in [2.24, 2.45) is 5.73 Å². The Kier molecular flexibility index (Phi) is 6.03. The molecule has 1 rings (SSSR count). The molecular formula is C16H26N2O. The van der Waals surface area contributed by atoms with Crippen molar-refractivity contribution >= 4 is 5.91 Å². The van der Waals surface area contributed by atoms with Gasteiger partial charge in [-0.15, -0.1) is 0 Å². The van der Waals surface area contributed by atoms with Gasteiger partial charge in [-0.3, -0.25) is 4.79 Å². The number of hydrogen-bond acceptors (Lipinski definition) is 2. The van der Waals surface area contributed by atoms with E-state index in [1.807, 2.05) is 39.1 Å². The van der Waals surface area contributed by atoms with Crippen molar-refractivity contribution in [3.8, 4) is 0 Å². The SMILES string of the molecule is CCC(N)(CC)C(=O)N(C)CCCc1ccccc1. The molecule has 0 aliphatic carbocycles. The minimum atomic E-state index is -0.693. The van der Waals surface area contributed by atoms with Crippen molar-refractivity contribution < 1.29 is 4.79 Å². The summed E-state index contributed by atoms with van der Waals surface area (Å²) in [6, 6.07) is 10.3. The van der Waals surface area contributed by atoms with Gasteiger partial charge in [0.05, 0.1) is 5.54 Å². The van der Waals surface area contributed by atoms with Crippen LogP contribution in [0.4, 0.5) is 0 Å². The third kappa shape index (κ3) is 4.35. The second-order valence-corrected chi connectivity index (χ2v) is 5.18. The second-order valence-electron chi connectivity index (χ2n) is 5.18. The zero-order chi connectivity index (χ0) is 14.3. The maximum Gasteiger partial charge on any atom is 0.242 e. The zero-order valence-electron chi connectivity index (χ0n) is 12.4. The van der Waals surface area contributed by atoms with Crippen LogP contribution in [0.25, 0.3) is 0 Å². The Bertz CT molecular complexity index is 385. The molecule has 0 atom stereocenters. The minimum Gasteiger partial charge on any atom is -0.344 e. The van der Waals surface area contributed by atoms with E-state index < -0.39 is 5.54 Å². The Labute approximate surface area is 116 Å². The first-order valence-corrected chi connectivity index (χ1v) is 7.12. The largest absolute Gasteiger partial charge is 0.344 e. The highest BCUT2D eigenvalue weighted by atomic mass is 16.2. The van der Waals surface area contributed by atoms with Crippen LogP contribution in [0.5, 0.6) is 0 Å². The number of carbonyl (C=O) groups excluding carboxylic acids is 1. The Morgan fingerprint density at radius 2 is 1.79 bits per heavy atom. The van der Waals surface area contributed by atoms with E-state index in [0.29, 0.717) is 12.8 Å². The number of benzene rings is 1. The molecule has 2 N–H and O–H groups in total. The number of nitrogens with zero attached hydrogens (tertiary/aromatic N) is 1. The summed E-state index contributed by atoms with van der Waals surface area (Å²) >= 11 is 0. The van der Waals surface area contributed by atoms with Crippen LogP contribution in [0, 0.1) is 0 Å². The fourth-order valence-corrected chi connectivity index (χ4v) is 2.20. The first kappa shape index (κ1) is 15.7. The molecule has 3 nitrogen and oxygen atoms in total. The standard InChI is InChI=1S/C16H26N2O/c1-4-16(17,5-2)15(19)18(3)13-9-12-14-10-7-6-8-11-14/h6-8,10-11H,4-5,9,12-13,17H2,1-3H3. The molecule has 106 valence electrons. The second kappa shape index (κ2) is 7.29.